The smallest absolute Gasteiger partial charge is 0.151 e. The van der Waals surface area contributed by atoms with Crippen molar-refractivity contribution in [1.29, 1.82) is 5.26 Å². The summed E-state index contributed by atoms with van der Waals surface area (Å²) in [5, 5.41) is 11.9. The third-order valence-corrected chi connectivity index (χ3v) is 4.66. The van der Waals surface area contributed by atoms with Crippen molar-refractivity contribution in [2.75, 3.05) is 31.6 Å². The quantitative estimate of drug-likeness (QED) is 0.714. The average Bonchev–Trinajstić information content (AvgIpc) is 2.58. The Balaban J connectivity index is 2.47. The standard InChI is InChI=1S/C10H19N3O2S/c1-3-12-9(6-11)7-13(2)10-4-5-16(14,15)8-10/h9-10,12H,3-5,7-8H2,1-2H3. The second-order valence-electron chi connectivity index (χ2n) is 4.24. The first kappa shape index (κ1) is 13.4. The Morgan fingerprint density at radius 3 is 2.75 bits per heavy atom. The third kappa shape index (κ3) is 3.74. The molecule has 0 spiro atoms. The largest absolute Gasteiger partial charge is 0.301 e. The van der Waals surface area contributed by atoms with Gasteiger partial charge in [0.05, 0.1) is 17.6 Å². The molecule has 1 rings (SSSR count). The molecule has 6 heteroatoms. The van der Waals surface area contributed by atoms with Crippen LogP contribution in [-0.2, 0) is 9.84 Å². The number of sulfone groups is 1. The van der Waals surface area contributed by atoms with Crippen LogP contribution >= 0.6 is 0 Å². The molecule has 0 saturated carbocycles. The highest BCUT2D eigenvalue weighted by atomic mass is 32.2. The van der Waals surface area contributed by atoms with E-state index < -0.39 is 9.84 Å². The van der Waals surface area contributed by atoms with Crippen molar-refractivity contribution in [2.45, 2.75) is 25.4 Å². The van der Waals surface area contributed by atoms with E-state index in [1.54, 1.807) is 0 Å². The molecular weight excluding hydrogens is 226 g/mol. The molecule has 1 saturated heterocycles. The van der Waals surface area contributed by atoms with Crippen molar-refractivity contribution in [3.05, 3.63) is 0 Å². The average molecular weight is 245 g/mol. The highest BCUT2D eigenvalue weighted by Gasteiger charge is 2.31. The zero-order valence-corrected chi connectivity index (χ0v) is 10.6. The first-order chi connectivity index (χ1) is 7.48. The molecule has 16 heavy (non-hydrogen) atoms. The van der Waals surface area contributed by atoms with Crippen molar-refractivity contribution in [1.82, 2.24) is 10.2 Å². The van der Waals surface area contributed by atoms with E-state index in [9.17, 15) is 8.42 Å². The van der Waals surface area contributed by atoms with E-state index in [0.29, 0.717) is 13.0 Å². The number of hydrogen-bond donors (Lipinski definition) is 1. The van der Waals surface area contributed by atoms with Crippen LogP contribution in [0, 0.1) is 11.3 Å². The zero-order valence-electron chi connectivity index (χ0n) is 9.81. The molecule has 0 aromatic rings. The molecule has 0 bridgehead atoms. The van der Waals surface area contributed by atoms with Crippen molar-refractivity contribution < 1.29 is 8.42 Å². The summed E-state index contributed by atoms with van der Waals surface area (Å²) in [6.45, 7) is 3.27. The van der Waals surface area contributed by atoms with Crippen LogP contribution in [0.25, 0.3) is 0 Å². The fourth-order valence-electron chi connectivity index (χ4n) is 1.96. The first-order valence-electron chi connectivity index (χ1n) is 5.52. The van der Waals surface area contributed by atoms with Crippen LogP contribution < -0.4 is 5.32 Å². The number of hydrogen-bond acceptors (Lipinski definition) is 5. The van der Waals surface area contributed by atoms with E-state index in [1.165, 1.54) is 0 Å². The molecule has 5 nitrogen and oxygen atoms in total. The van der Waals surface area contributed by atoms with E-state index in [4.69, 9.17) is 5.26 Å². The van der Waals surface area contributed by atoms with Gasteiger partial charge in [-0.3, -0.25) is 4.90 Å². The monoisotopic (exact) mass is 245 g/mol. The molecule has 0 radical (unpaired) electrons. The van der Waals surface area contributed by atoms with Gasteiger partial charge in [0.15, 0.2) is 9.84 Å². The first-order valence-corrected chi connectivity index (χ1v) is 7.34. The predicted molar refractivity (Wildman–Crippen MR) is 62.8 cm³/mol. The number of likely N-dealkylation sites (N-methyl/N-ethyl adjacent to an activating group) is 2. The highest BCUT2D eigenvalue weighted by molar-refractivity contribution is 7.91. The van der Waals surface area contributed by atoms with Gasteiger partial charge in [0.2, 0.25) is 0 Å². The Labute approximate surface area is 97.3 Å². The SMILES string of the molecule is CCNC(C#N)CN(C)C1CCS(=O)(=O)C1. The van der Waals surface area contributed by atoms with Gasteiger partial charge in [0.1, 0.15) is 6.04 Å². The lowest BCUT2D eigenvalue weighted by molar-refractivity contribution is 0.248. The summed E-state index contributed by atoms with van der Waals surface area (Å²) in [6, 6.07) is 2.02. The summed E-state index contributed by atoms with van der Waals surface area (Å²) in [5.74, 6) is 0.508. The summed E-state index contributed by atoms with van der Waals surface area (Å²) in [7, 11) is -0.958. The molecular formula is C10H19N3O2S. The number of nitriles is 1. The summed E-state index contributed by atoms with van der Waals surface area (Å²) < 4.78 is 22.6. The lowest BCUT2D eigenvalue weighted by Gasteiger charge is -2.25. The second-order valence-corrected chi connectivity index (χ2v) is 6.46. The Morgan fingerprint density at radius 1 is 1.62 bits per heavy atom. The van der Waals surface area contributed by atoms with Gasteiger partial charge in [0.25, 0.3) is 0 Å². The maximum atomic E-state index is 11.3. The van der Waals surface area contributed by atoms with Crippen molar-refractivity contribution in [3.63, 3.8) is 0 Å². The van der Waals surface area contributed by atoms with Crippen LogP contribution in [0.5, 0.6) is 0 Å². The molecule has 2 atom stereocenters. The molecule has 1 fully saturated rings. The van der Waals surface area contributed by atoms with Crippen molar-refractivity contribution in [3.8, 4) is 6.07 Å². The van der Waals surface area contributed by atoms with Crippen LogP contribution in [-0.4, -0.2) is 57.0 Å². The summed E-state index contributed by atoms with van der Waals surface area (Å²) >= 11 is 0. The van der Waals surface area contributed by atoms with Gasteiger partial charge >= 0.3 is 0 Å². The van der Waals surface area contributed by atoms with Gasteiger partial charge in [-0.1, -0.05) is 6.92 Å². The van der Waals surface area contributed by atoms with E-state index in [2.05, 4.69) is 11.4 Å². The lowest BCUT2D eigenvalue weighted by Crippen LogP contribution is -2.43. The Bertz CT molecular complexity index is 361. The molecule has 2 unspecified atom stereocenters. The molecule has 1 heterocycles. The second kappa shape index (κ2) is 5.62. The van der Waals surface area contributed by atoms with Gasteiger partial charge in [-0.05, 0) is 20.0 Å². The van der Waals surface area contributed by atoms with Crippen LogP contribution in [0.2, 0.25) is 0 Å². The van der Waals surface area contributed by atoms with Gasteiger partial charge in [-0.2, -0.15) is 5.26 Å². The van der Waals surface area contributed by atoms with E-state index in [-0.39, 0.29) is 23.6 Å². The minimum Gasteiger partial charge on any atom is -0.301 e. The van der Waals surface area contributed by atoms with Gasteiger partial charge in [-0.15, -0.1) is 0 Å². The topological polar surface area (TPSA) is 73.2 Å². The Kier molecular flexibility index (Phi) is 4.71. The van der Waals surface area contributed by atoms with E-state index in [1.807, 2.05) is 18.9 Å². The maximum absolute atomic E-state index is 11.3. The summed E-state index contributed by atoms with van der Waals surface area (Å²) in [6.07, 6.45) is 0.684. The van der Waals surface area contributed by atoms with Crippen LogP contribution in [0.1, 0.15) is 13.3 Å². The molecule has 0 aromatic carbocycles. The predicted octanol–water partition coefficient (Wildman–Crippen LogP) is -0.393. The molecule has 0 aromatic heterocycles. The zero-order chi connectivity index (χ0) is 12.2. The maximum Gasteiger partial charge on any atom is 0.151 e. The number of nitrogens with one attached hydrogen (secondary N) is 1. The van der Waals surface area contributed by atoms with Gasteiger partial charge in [-0.25, -0.2) is 8.42 Å². The Hall–Kier alpha value is -0.640. The normalized spacial score (nSPS) is 25.5. The fraction of sp³-hybridized carbons (Fsp3) is 0.900. The molecule has 1 aliphatic heterocycles. The fourth-order valence-corrected chi connectivity index (χ4v) is 3.76. The minimum atomic E-state index is -2.84. The van der Waals surface area contributed by atoms with Gasteiger partial charge < -0.3 is 5.32 Å². The summed E-state index contributed by atoms with van der Waals surface area (Å²) in [4.78, 5) is 1.97. The van der Waals surface area contributed by atoms with Crippen LogP contribution in [0.4, 0.5) is 0 Å². The van der Waals surface area contributed by atoms with E-state index in [0.717, 1.165) is 6.54 Å². The minimum absolute atomic E-state index is 0.0690. The molecule has 0 aliphatic carbocycles. The van der Waals surface area contributed by atoms with E-state index >= 15 is 0 Å². The van der Waals surface area contributed by atoms with Gasteiger partial charge in [0, 0.05) is 12.6 Å². The van der Waals surface area contributed by atoms with Crippen LogP contribution in [0.3, 0.4) is 0 Å². The number of nitrogens with zero attached hydrogens (tertiary/aromatic N) is 2. The molecule has 1 N–H and O–H groups in total. The van der Waals surface area contributed by atoms with Crippen LogP contribution in [0.15, 0.2) is 0 Å². The molecule has 0 amide bonds. The van der Waals surface area contributed by atoms with Crippen molar-refractivity contribution in [2.24, 2.45) is 0 Å². The summed E-state index contributed by atoms with van der Waals surface area (Å²) in [5.41, 5.74) is 0. The van der Waals surface area contributed by atoms with Crippen molar-refractivity contribution >= 4 is 9.84 Å². The lowest BCUT2D eigenvalue weighted by atomic mass is 10.2. The third-order valence-electron chi connectivity index (χ3n) is 2.91. The molecule has 92 valence electrons. The highest BCUT2D eigenvalue weighted by Crippen LogP contribution is 2.16. The number of rotatable bonds is 5. The molecule has 1 aliphatic rings. The Morgan fingerprint density at radius 2 is 2.31 bits per heavy atom.